The molecule has 1 unspecified atom stereocenters. The lowest BCUT2D eigenvalue weighted by molar-refractivity contribution is -0.198. The van der Waals surface area contributed by atoms with Crippen LogP contribution in [0.3, 0.4) is 0 Å². The van der Waals surface area contributed by atoms with Gasteiger partial charge in [0.1, 0.15) is 0 Å². The number of fused-ring (bicyclic) bond motifs is 1. The van der Waals surface area contributed by atoms with Crippen LogP contribution in [0.25, 0.3) is 11.0 Å². The van der Waals surface area contributed by atoms with E-state index in [2.05, 4.69) is 15.0 Å². The Morgan fingerprint density at radius 3 is 2.29 bits per heavy atom. The van der Waals surface area contributed by atoms with E-state index in [-0.39, 0.29) is 16.6 Å². The number of para-hydroxylation sites is 2. The molecule has 0 N–H and O–H groups in total. The van der Waals surface area contributed by atoms with Gasteiger partial charge >= 0.3 is 6.18 Å². The monoisotopic (exact) mass is 353 g/mol. The van der Waals surface area contributed by atoms with Gasteiger partial charge in [0.25, 0.3) is 5.88 Å². The highest BCUT2D eigenvalue weighted by atomic mass is 35.5. The summed E-state index contributed by atoms with van der Waals surface area (Å²) in [7, 11) is 0. The maximum Gasteiger partial charge on any atom is 0.429 e. The van der Waals surface area contributed by atoms with Crippen molar-refractivity contribution in [3.63, 3.8) is 0 Å². The predicted octanol–water partition coefficient (Wildman–Crippen LogP) is 4.67. The topological polar surface area (TPSA) is 47.9 Å². The number of halogens is 4. The molecule has 1 atom stereocenters. The second-order valence-corrected chi connectivity index (χ2v) is 5.44. The van der Waals surface area contributed by atoms with Crippen LogP contribution in [0.1, 0.15) is 17.4 Å². The number of alkyl halides is 3. The van der Waals surface area contributed by atoms with E-state index in [0.717, 1.165) is 6.20 Å². The van der Waals surface area contributed by atoms with Crippen LogP contribution >= 0.6 is 11.6 Å². The summed E-state index contributed by atoms with van der Waals surface area (Å²) in [6.07, 6.45) is -5.78. The fourth-order valence-corrected chi connectivity index (χ4v) is 2.28. The molecule has 0 aliphatic carbocycles. The fourth-order valence-electron chi connectivity index (χ4n) is 2.11. The van der Waals surface area contributed by atoms with Crippen LogP contribution in [0.15, 0.2) is 42.6 Å². The first-order valence-electron chi connectivity index (χ1n) is 6.93. The van der Waals surface area contributed by atoms with Gasteiger partial charge in [-0.1, -0.05) is 29.8 Å². The molecule has 0 saturated carbocycles. The highest BCUT2D eigenvalue weighted by Crippen LogP contribution is 2.38. The molecule has 124 valence electrons. The molecule has 3 rings (SSSR count). The third-order valence-corrected chi connectivity index (χ3v) is 3.51. The maximum absolute atomic E-state index is 13.4. The van der Waals surface area contributed by atoms with Crippen molar-refractivity contribution < 1.29 is 17.9 Å². The van der Waals surface area contributed by atoms with E-state index in [0.29, 0.717) is 16.7 Å². The van der Waals surface area contributed by atoms with E-state index in [1.54, 1.807) is 31.2 Å². The lowest BCUT2D eigenvalue weighted by Gasteiger charge is -2.21. The first kappa shape index (κ1) is 16.4. The number of aromatic nitrogens is 3. The Hall–Kier alpha value is -2.41. The second-order valence-electron chi connectivity index (χ2n) is 5.08. The second kappa shape index (κ2) is 6.24. The summed E-state index contributed by atoms with van der Waals surface area (Å²) >= 11 is 5.93. The van der Waals surface area contributed by atoms with Gasteiger partial charge in [0.05, 0.1) is 11.0 Å². The molecule has 1 aromatic carbocycles. The first-order valence-corrected chi connectivity index (χ1v) is 7.30. The van der Waals surface area contributed by atoms with Crippen LogP contribution in [0.2, 0.25) is 5.15 Å². The summed E-state index contributed by atoms with van der Waals surface area (Å²) in [5.41, 5.74) is 1.32. The van der Waals surface area contributed by atoms with Crippen molar-refractivity contribution in [3.05, 3.63) is 59.0 Å². The average molecular weight is 354 g/mol. The summed E-state index contributed by atoms with van der Waals surface area (Å²) < 4.78 is 45.3. The summed E-state index contributed by atoms with van der Waals surface area (Å²) in [5, 5.41) is -0.233. The molecular weight excluding hydrogens is 343 g/mol. The molecule has 0 spiro atoms. The number of hydrogen-bond acceptors (Lipinski definition) is 4. The lowest BCUT2D eigenvalue weighted by atomic mass is 10.1. The van der Waals surface area contributed by atoms with Crippen LogP contribution in [0, 0.1) is 6.92 Å². The van der Waals surface area contributed by atoms with E-state index in [4.69, 9.17) is 16.3 Å². The zero-order valence-corrected chi connectivity index (χ0v) is 13.1. The highest BCUT2D eigenvalue weighted by molar-refractivity contribution is 6.31. The normalized spacial score (nSPS) is 13.0. The molecule has 4 nitrogen and oxygen atoms in total. The van der Waals surface area contributed by atoms with E-state index in [1.165, 1.54) is 12.1 Å². The van der Waals surface area contributed by atoms with Gasteiger partial charge in [-0.3, -0.25) is 4.98 Å². The maximum atomic E-state index is 13.4. The number of rotatable bonds is 3. The zero-order valence-electron chi connectivity index (χ0n) is 12.4. The number of pyridine rings is 1. The highest BCUT2D eigenvalue weighted by Gasteiger charge is 2.44. The van der Waals surface area contributed by atoms with E-state index in [1.807, 2.05) is 0 Å². The molecule has 0 radical (unpaired) electrons. The molecule has 0 amide bonds. The van der Waals surface area contributed by atoms with Crippen molar-refractivity contribution in [1.29, 1.82) is 0 Å². The number of hydrogen-bond donors (Lipinski definition) is 0. The largest absolute Gasteiger partial charge is 0.457 e. The van der Waals surface area contributed by atoms with E-state index >= 15 is 0 Å². The molecule has 3 aromatic rings. The smallest absolute Gasteiger partial charge is 0.429 e. The van der Waals surface area contributed by atoms with Gasteiger partial charge in [0.2, 0.25) is 6.10 Å². The molecule has 0 bridgehead atoms. The Morgan fingerprint density at radius 2 is 1.71 bits per heavy atom. The molecular formula is C16H11ClF3N3O. The van der Waals surface area contributed by atoms with E-state index < -0.39 is 12.3 Å². The van der Waals surface area contributed by atoms with Crippen LogP contribution in [-0.2, 0) is 0 Å². The molecule has 2 heterocycles. The third-order valence-electron chi connectivity index (χ3n) is 3.26. The fraction of sp³-hybridized carbons (Fsp3) is 0.188. The molecule has 24 heavy (non-hydrogen) atoms. The average Bonchev–Trinajstić information content (AvgIpc) is 2.53. The van der Waals surface area contributed by atoms with Crippen LogP contribution in [0.5, 0.6) is 5.88 Å². The number of benzene rings is 1. The van der Waals surface area contributed by atoms with Gasteiger partial charge in [-0.15, -0.1) is 0 Å². The standard InChI is InChI=1S/C16H11ClF3N3O/c1-9-6-7-10(8-21-9)13(16(18,19)20)24-15-14(17)22-11-4-2-3-5-12(11)23-15/h2-8,13H,1H3. The Balaban J connectivity index is 2.01. The number of ether oxygens (including phenoxy) is 1. The van der Waals surface area contributed by atoms with Gasteiger partial charge in [0.15, 0.2) is 5.15 Å². The van der Waals surface area contributed by atoms with E-state index in [9.17, 15) is 13.2 Å². The van der Waals surface area contributed by atoms with Crippen LogP contribution < -0.4 is 4.74 Å². The lowest BCUT2D eigenvalue weighted by Crippen LogP contribution is -2.26. The summed E-state index contributed by atoms with van der Waals surface area (Å²) in [6.45, 7) is 1.68. The Labute approximate surface area is 140 Å². The Morgan fingerprint density at radius 1 is 1.04 bits per heavy atom. The predicted molar refractivity (Wildman–Crippen MR) is 82.9 cm³/mol. The summed E-state index contributed by atoms with van der Waals surface area (Å²) in [5.74, 6) is -0.377. The SMILES string of the molecule is Cc1ccc(C(Oc2nc3ccccc3nc2Cl)C(F)(F)F)cn1. The van der Waals surface area contributed by atoms with Crippen molar-refractivity contribution in [2.45, 2.75) is 19.2 Å². The van der Waals surface area contributed by atoms with Crippen LogP contribution in [-0.4, -0.2) is 21.1 Å². The van der Waals surface area contributed by atoms with Gasteiger partial charge < -0.3 is 4.74 Å². The summed E-state index contributed by atoms with van der Waals surface area (Å²) in [6, 6.07) is 9.48. The third kappa shape index (κ3) is 3.41. The molecule has 0 aliphatic rings. The summed E-state index contributed by atoms with van der Waals surface area (Å²) in [4.78, 5) is 11.9. The molecule has 8 heteroatoms. The Bertz CT molecular complexity index is 869. The van der Waals surface area contributed by atoms with Crippen molar-refractivity contribution in [3.8, 4) is 5.88 Å². The minimum atomic E-state index is -4.66. The number of aryl methyl sites for hydroxylation is 1. The molecule has 0 saturated heterocycles. The quantitative estimate of drug-likeness (QED) is 0.686. The minimum Gasteiger partial charge on any atom is -0.457 e. The van der Waals surface area contributed by atoms with Gasteiger partial charge in [-0.25, -0.2) is 9.97 Å². The zero-order chi connectivity index (χ0) is 17.3. The first-order chi connectivity index (χ1) is 11.3. The molecule has 2 aromatic heterocycles. The van der Waals surface area contributed by atoms with Crippen molar-refractivity contribution in [2.75, 3.05) is 0 Å². The van der Waals surface area contributed by atoms with Crippen molar-refractivity contribution >= 4 is 22.6 Å². The van der Waals surface area contributed by atoms with Gasteiger partial charge in [-0.2, -0.15) is 13.2 Å². The van der Waals surface area contributed by atoms with Crippen molar-refractivity contribution in [2.24, 2.45) is 0 Å². The van der Waals surface area contributed by atoms with Gasteiger partial charge in [0, 0.05) is 17.5 Å². The van der Waals surface area contributed by atoms with Crippen LogP contribution in [0.4, 0.5) is 13.2 Å². The van der Waals surface area contributed by atoms with Gasteiger partial charge in [-0.05, 0) is 25.1 Å². The molecule has 0 aliphatic heterocycles. The molecule has 0 fully saturated rings. The Kier molecular flexibility index (Phi) is 4.28. The minimum absolute atomic E-state index is 0.140. The van der Waals surface area contributed by atoms with Crippen molar-refractivity contribution in [1.82, 2.24) is 15.0 Å². The number of nitrogens with zero attached hydrogens (tertiary/aromatic N) is 3.